The molecule has 0 fully saturated rings. The average molecular weight is 312 g/mol. The van der Waals surface area contributed by atoms with Crippen molar-refractivity contribution in [1.29, 1.82) is 0 Å². The molecular weight excluding hydrogens is 295 g/mol. The van der Waals surface area contributed by atoms with Crippen molar-refractivity contribution < 1.29 is 9.18 Å². The number of nitrogens with zero attached hydrogens (tertiary/aromatic N) is 3. The lowest BCUT2D eigenvalue weighted by atomic mass is 10.1. The van der Waals surface area contributed by atoms with E-state index < -0.39 is 0 Å². The maximum Gasteiger partial charge on any atom is 0.254 e. The van der Waals surface area contributed by atoms with E-state index in [2.05, 4.69) is 15.4 Å². The van der Waals surface area contributed by atoms with Gasteiger partial charge in [0.1, 0.15) is 5.82 Å². The minimum atomic E-state index is -0.250. The van der Waals surface area contributed by atoms with Crippen LogP contribution >= 0.6 is 0 Å². The van der Waals surface area contributed by atoms with Crippen molar-refractivity contribution in [2.75, 3.05) is 0 Å². The van der Waals surface area contributed by atoms with Crippen LogP contribution in [-0.4, -0.2) is 20.5 Å². The molecule has 6 heteroatoms. The van der Waals surface area contributed by atoms with Crippen molar-refractivity contribution >= 4 is 11.6 Å². The fourth-order valence-corrected chi connectivity index (χ4v) is 2.48. The predicted octanol–water partition coefficient (Wildman–Crippen LogP) is 2.72. The maximum absolute atomic E-state index is 13.3. The molecule has 3 aromatic rings. The molecular formula is C17H17FN4O. The average Bonchev–Trinajstić information content (AvgIpc) is 2.90. The van der Waals surface area contributed by atoms with E-state index >= 15 is 0 Å². The summed E-state index contributed by atoms with van der Waals surface area (Å²) in [7, 11) is 0. The third-order valence-corrected chi connectivity index (χ3v) is 3.77. The van der Waals surface area contributed by atoms with Crippen LogP contribution in [0.3, 0.4) is 0 Å². The summed E-state index contributed by atoms with van der Waals surface area (Å²) >= 11 is 0. The highest BCUT2D eigenvalue weighted by Crippen LogP contribution is 2.12. The molecule has 0 atom stereocenters. The van der Waals surface area contributed by atoms with E-state index in [-0.39, 0.29) is 11.7 Å². The van der Waals surface area contributed by atoms with Crippen molar-refractivity contribution in [2.45, 2.75) is 27.3 Å². The number of aryl methyl sites for hydroxylation is 3. The van der Waals surface area contributed by atoms with Crippen molar-refractivity contribution in [2.24, 2.45) is 0 Å². The van der Waals surface area contributed by atoms with Gasteiger partial charge in [-0.3, -0.25) is 4.79 Å². The van der Waals surface area contributed by atoms with Gasteiger partial charge in [-0.05, 0) is 38.0 Å². The molecule has 1 aromatic carbocycles. The lowest BCUT2D eigenvalue weighted by Crippen LogP contribution is -2.24. The Labute approximate surface area is 133 Å². The summed E-state index contributed by atoms with van der Waals surface area (Å²) < 4.78 is 14.9. The first-order chi connectivity index (χ1) is 11.0. The molecule has 0 saturated carbocycles. The van der Waals surface area contributed by atoms with Gasteiger partial charge in [0.05, 0.1) is 17.0 Å². The molecule has 1 N–H and O–H groups in total. The fourth-order valence-electron chi connectivity index (χ4n) is 2.48. The smallest absolute Gasteiger partial charge is 0.254 e. The normalized spacial score (nSPS) is 11.0. The van der Waals surface area contributed by atoms with E-state index in [1.165, 1.54) is 6.07 Å². The van der Waals surface area contributed by atoms with E-state index in [0.717, 1.165) is 17.0 Å². The van der Waals surface area contributed by atoms with Crippen LogP contribution < -0.4 is 5.32 Å². The zero-order valence-electron chi connectivity index (χ0n) is 13.2. The van der Waals surface area contributed by atoms with Crippen LogP contribution in [0, 0.1) is 26.6 Å². The highest BCUT2D eigenvalue weighted by atomic mass is 19.1. The number of fused-ring (bicyclic) bond motifs is 1. The lowest BCUT2D eigenvalue weighted by Gasteiger charge is -2.09. The lowest BCUT2D eigenvalue weighted by molar-refractivity contribution is 0.0949. The van der Waals surface area contributed by atoms with Crippen molar-refractivity contribution in [1.82, 2.24) is 19.9 Å². The van der Waals surface area contributed by atoms with Gasteiger partial charge in [0.15, 0.2) is 5.65 Å². The summed E-state index contributed by atoms with van der Waals surface area (Å²) in [5, 5.41) is 7.16. The number of aromatic nitrogens is 3. The van der Waals surface area contributed by atoms with Gasteiger partial charge in [0.2, 0.25) is 0 Å². The zero-order chi connectivity index (χ0) is 16.6. The van der Waals surface area contributed by atoms with Gasteiger partial charge in [-0.25, -0.2) is 13.9 Å². The molecule has 3 rings (SSSR count). The summed E-state index contributed by atoms with van der Waals surface area (Å²) in [6.45, 7) is 5.74. The van der Waals surface area contributed by atoms with E-state index in [4.69, 9.17) is 0 Å². The van der Waals surface area contributed by atoms with Gasteiger partial charge >= 0.3 is 0 Å². The fraction of sp³-hybridized carbons (Fsp3) is 0.235. The van der Waals surface area contributed by atoms with Crippen LogP contribution in [0.5, 0.6) is 0 Å². The minimum absolute atomic E-state index is 0.230. The Balaban J connectivity index is 1.80. The largest absolute Gasteiger partial charge is 0.348 e. The Morgan fingerprint density at radius 3 is 2.78 bits per heavy atom. The SMILES string of the molecule is Cc1cc2ncc(C(=O)NCc3ccc(F)c(C)c3)c(C)n2n1. The molecule has 5 nitrogen and oxygen atoms in total. The Bertz CT molecular complexity index is 901. The molecule has 23 heavy (non-hydrogen) atoms. The first kappa shape index (κ1) is 15.1. The van der Waals surface area contributed by atoms with Gasteiger partial charge in [0.25, 0.3) is 5.91 Å². The van der Waals surface area contributed by atoms with Crippen LogP contribution in [0.15, 0.2) is 30.5 Å². The molecule has 0 bridgehead atoms. The van der Waals surface area contributed by atoms with Crippen LogP contribution in [0.1, 0.15) is 32.9 Å². The zero-order valence-corrected chi connectivity index (χ0v) is 13.2. The van der Waals surface area contributed by atoms with E-state index in [1.54, 1.807) is 29.8 Å². The number of hydrogen-bond acceptors (Lipinski definition) is 3. The number of benzene rings is 1. The summed E-state index contributed by atoms with van der Waals surface area (Å²) in [6.07, 6.45) is 1.55. The van der Waals surface area contributed by atoms with Crippen molar-refractivity contribution in [3.05, 3.63) is 64.4 Å². The Morgan fingerprint density at radius 2 is 2.04 bits per heavy atom. The van der Waals surface area contributed by atoms with Crippen molar-refractivity contribution in [3.8, 4) is 0 Å². The summed E-state index contributed by atoms with van der Waals surface area (Å²) in [4.78, 5) is 16.6. The van der Waals surface area contributed by atoms with Gasteiger partial charge in [-0.2, -0.15) is 5.10 Å². The van der Waals surface area contributed by atoms with Crippen LogP contribution in [0.4, 0.5) is 4.39 Å². The molecule has 0 aliphatic heterocycles. The second-order valence-corrected chi connectivity index (χ2v) is 5.58. The Morgan fingerprint density at radius 1 is 1.26 bits per heavy atom. The van der Waals surface area contributed by atoms with Crippen LogP contribution in [0.25, 0.3) is 5.65 Å². The molecule has 0 unspecified atom stereocenters. The molecule has 0 aliphatic rings. The third kappa shape index (κ3) is 2.92. The highest BCUT2D eigenvalue weighted by Gasteiger charge is 2.13. The Kier molecular flexibility index (Phi) is 3.82. The quantitative estimate of drug-likeness (QED) is 0.809. The minimum Gasteiger partial charge on any atom is -0.348 e. The maximum atomic E-state index is 13.3. The summed E-state index contributed by atoms with van der Waals surface area (Å²) in [6, 6.07) is 6.65. The van der Waals surface area contributed by atoms with Gasteiger partial charge < -0.3 is 5.32 Å². The topological polar surface area (TPSA) is 59.3 Å². The molecule has 0 aliphatic carbocycles. The van der Waals surface area contributed by atoms with E-state index in [1.807, 2.05) is 19.9 Å². The predicted molar refractivity (Wildman–Crippen MR) is 84.8 cm³/mol. The first-order valence-corrected chi connectivity index (χ1v) is 7.31. The molecule has 0 saturated heterocycles. The summed E-state index contributed by atoms with van der Waals surface area (Å²) in [5.41, 5.74) is 4.17. The number of amides is 1. The van der Waals surface area contributed by atoms with Gasteiger partial charge in [-0.15, -0.1) is 0 Å². The Hall–Kier alpha value is -2.76. The molecule has 118 valence electrons. The monoisotopic (exact) mass is 312 g/mol. The van der Waals surface area contributed by atoms with Gasteiger partial charge in [0, 0.05) is 18.8 Å². The molecule has 0 spiro atoms. The van der Waals surface area contributed by atoms with Crippen LogP contribution in [-0.2, 0) is 6.54 Å². The second kappa shape index (κ2) is 5.79. The molecule has 2 aromatic heterocycles. The second-order valence-electron chi connectivity index (χ2n) is 5.58. The highest BCUT2D eigenvalue weighted by molar-refractivity contribution is 5.95. The number of halogens is 1. The van der Waals surface area contributed by atoms with Crippen molar-refractivity contribution in [3.63, 3.8) is 0 Å². The number of carbonyl (C=O) groups excluding carboxylic acids is 1. The van der Waals surface area contributed by atoms with E-state index in [9.17, 15) is 9.18 Å². The standard InChI is InChI=1S/C17H17FN4O/c1-10-6-13(4-5-15(10)18)8-20-17(23)14-9-19-16-7-11(2)21-22(16)12(14)3/h4-7,9H,8H2,1-3H3,(H,20,23). The van der Waals surface area contributed by atoms with Gasteiger partial charge in [-0.1, -0.05) is 12.1 Å². The molecule has 0 radical (unpaired) electrons. The summed E-state index contributed by atoms with van der Waals surface area (Å²) in [5.74, 6) is -0.480. The number of rotatable bonds is 3. The first-order valence-electron chi connectivity index (χ1n) is 7.31. The molecule has 2 heterocycles. The third-order valence-electron chi connectivity index (χ3n) is 3.77. The number of nitrogens with one attached hydrogen (secondary N) is 1. The number of carbonyl (C=O) groups is 1. The van der Waals surface area contributed by atoms with Crippen LogP contribution in [0.2, 0.25) is 0 Å². The number of hydrogen-bond donors (Lipinski definition) is 1. The molecule has 1 amide bonds. The van der Waals surface area contributed by atoms with E-state index in [0.29, 0.717) is 23.3 Å².